The van der Waals surface area contributed by atoms with E-state index in [1.54, 1.807) is 6.20 Å². The minimum absolute atomic E-state index is 0.166. The molecule has 0 spiro atoms. The summed E-state index contributed by atoms with van der Waals surface area (Å²) in [7, 11) is 1.86. The van der Waals surface area contributed by atoms with Gasteiger partial charge in [0, 0.05) is 38.8 Å². The third kappa shape index (κ3) is 3.82. The molecule has 0 saturated carbocycles. The Labute approximate surface area is 155 Å². The van der Waals surface area contributed by atoms with Crippen LogP contribution in [0.25, 0.3) is 0 Å². The van der Waals surface area contributed by atoms with Gasteiger partial charge in [-0.3, -0.25) is 4.99 Å². The Morgan fingerprint density at radius 2 is 1.96 bits per heavy atom. The molecule has 1 unspecified atom stereocenters. The van der Waals surface area contributed by atoms with Gasteiger partial charge >= 0.3 is 0 Å². The van der Waals surface area contributed by atoms with E-state index in [4.69, 9.17) is 4.74 Å². The molecule has 1 aromatic heterocycles. The number of guanidine groups is 1. The first-order chi connectivity index (χ1) is 12.8. The zero-order valence-electron chi connectivity index (χ0n) is 15.3. The number of likely N-dealkylation sites (tertiary alicyclic amines) is 1. The summed E-state index contributed by atoms with van der Waals surface area (Å²) in [6, 6.07) is 14.6. The normalized spacial score (nSPS) is 20.3. The average Bonchev–Trinajstić information content (AvgIpc) is 3.30. The summed E-state index contributed by atoms with van der Waals surface area (Å²) in [5, 5.41) is 3.58. The van der Waals surface area contributed by atoms with E-state index in [0.717, 1.165) is 44.9 Å². The predicted molar refractivity (Wildman–Crippen MR) is 104 cm³/mol. The van der Waals surface area contributed by atoms with Crippen LogP contribution in [0.5, 0.6) is 5.88 Å². The van der Waals surface area contributed by atoms with Crippen LogP contribution in [0.2, 0.25) is 0 Å². The predicted octanol–water partition coefficient (Wildman–Crippen LogP) is 2.53. The van der Waals surface area contributed by atoms with Crippen LogP contribution in [0.15, 0.2) is 53.7 Å². The van der Waals surface area contributed by atoms with Crippen molar-refractivity contribution in [1.29, 1.82) is 0 Å². The SMILES string of the molecule is CN=C(NCC1Cc2ccccc2C1)N1CCC(Oc2ccccn2)C1. The van der Waals surface area contributed by atoms with Gasteiger partial charge in [-0.2, -0.15) is 0 Å². The summed E-state index contributed by atoms with van der Waals surface area (Å²) in [5.41, 5.74) is 3.00. The van der Waals surface area contributed by atoms with Crippen LogP contribution in [-0.4, -0.2) is 48.6 Å². The van der Waals surface area contributed by atoms with Crippen LogP contribution in [0.1, 0.15) is 17.5 Å². The quantitative estimate of drug-likeness (QED) is 0.680. The lowest BCUT2D eigenvalue weighted by Crippen LogP contribution is -2.42. The molecule has 2 aromatic rings. The molecule has 136 valence electrons. The number of aliphatic imine (C=N–C) groups is 1. The van der Waals surface area contributed by atoms with Crippen LogP contribution in [-0.2, 0) is 12.8 Å². The molecule has 0 radical (unpaired) electrons. The van der Waals surface area contributed by atoms with E-state index in [1.165, 1.54) is 11.1 Å². The van der Waals surface area contributed by atoms with Crippen molar-refractivity contribution in [2.24, 2.45) is 10.9 Å². The Balaban J connectivity index is 1.27. The highest BCUT2D eigenvalue weighted by molar-refractivity contribution is 5.80. The number of benzene rings is 1. The molecule has 2 heterocycles. The van der Waals surface area contributed by atoms with Crippen molar-refractivity contribution >= 4 is 5.96 Å². The number of nitrogens with one attached hydrogen (secondary N) is 1. The highest BCUT2D eigenvalue weighted by Gasteiger charge is 2.27. The van der Waals surface area contributed by atoms with Gasteiger partial charge in [0.05, 0.1) is 6.54 Å². The number of fused-ring (bicyclic) bond motifs is 1. The number of aromatic nitrogens is 1. The van der Waals surface area contributed by atoms with Gasteiger partial charge in [0.1, 0.15) is 6.10 Å². The van der Waals surface area contributed by atoms with Crippen molar-refractivity contribution < 1.29 is 4.74 Å². The first kappa shape index (κ1) is 16.9. The van der Waals surface area contributed by atoms with Crippen molar-refractivity contribution in [2.75, 3.05) is 26.7 Å². The smallest absolute Gasteiger partial charge is 0.213 e. The van der Waals surface area contributed by atoms with Gasteiger partial charge in [0.15, 0.2) is 5.96 Å². The van der Waals surface area contributed by atoms with E-state index in [1.807, 2.05) is 25.2 Å². The van der Waals surface area contributed by atoms with Gasteiger partial charge in [-0.05, 0) is 36.0 Å². The molecule has 26 heavy (non-hydrogen) atoms. The molecule has 5 heteroatoms. The van der Waals surface area contributed by atoms with E-state index in [0.29, 0.717) is 11.8 Å². The molecule has 1 atom stereocenters. The summed E-state index contributed by atoms with van der Waals surface area (Å²) >= 11 is 0. The molecule has 5 nitrogen and oxygen atoms in total. The second-order valence-corrected chi connectivity index (χ2v) is 7.11. The highest BCUT2D eigenvalue weighted by atomic mass is 16.5. The van der Waals surface area contributed by atoms with Gasteiger partial charge < -0.3 is 15.0 Å². The maximum Gasteiger partial charge on any atom is 0.213 e. The Kier molecular flexibility index (Phi) is 5.04. The fourth-order valence-electron chi connectivity index (χ4n) is 3.97. The number of ether oxygens (including phenoxy) is 1. The van der Waals surface area contributed by atoms with Crippen LogP contribution >= 0.6 is 0 Å². The Bertz CT molecular complexity index is 737. The summed E-state index contributed by atoms with van der Waals surface area (Å²) in [6.07, 6.45) is 5.24. The first-order valence-corrected chi connectivity index (χ1v) is 9.42. The second-order valence-electron chi connectivity index (χ2n) is 7.11. The molecule has 2 aliphatic rings. The number of pyridine rings is 1. The Hall–Kier alpha value is -2.56. The lowest BCUT2D eigenvalue weighted by atomic mass is 10.1. The topological polar surface area (TPSA) is 49.8 Å². The lowest BCUT2D eigenvalue weighted by Gasteiger charge is -2.23. The summed E-state index contributed by atoms with van der Waals surface area (Å²) in [5.74, 6) is 2.33. The molecule has 1 fully saturated rings. The summed E-state index contributed by atoms with van der Waals surface area (Å²) < 4.78 is 5.98. The molecular formula is C21H26N4O. The lowest BCUT2D eigenvalue weighted by molar-refractivity contribution is 0.205. The van der Waals surface area contributed by atoms with E-state index < -0.39 is 0 Å². The van der Waals surface area contributed by atoms with E-state index in [9.17, 15) is 0 Å². The molecule has 4 rings (SSSR count). The molecule has 1 aliphatic carbocycles. The van der Waals surface area contributed by atoms with Gasteiger partial charge in [-0.15, -0.1) is 0 Å². The van der Waals surface area contributed by atoms with Crippen molar-refractivity contribution in [2.45, 2.75) is 25.4 Å². The van der Waals surface area contributed by atoms with Crippen molar-refractivity contribution in [3.05, 3.63) is 59.8 Å². The summed E-state index contributed by atoms with van der Waals surface area (Å²) in [4.78, 5) is 11.0. The molecule has 0 amide bonds. The molecule has 0 bridgehead atoms. The Morgan fingerprint density at radius 1 is 1.19 bits per heavy atom. The summed E-state index contributed by atoms with van der Waals surface area (Å²) in [6.45, 7) is 2.77. The Morgan fingerprint density at radius 3 is 2.65 bits per heavy atom. The van der Waals surface area contributed by atoms with Crippen molar-refractivity contribution in [3.8, 4) is 5.88 Å². The van der Waals surface area contributed by atoms with Crippen molar-refractivity contribution in [1.82, 2.24) is 15.2 Å². The molecule has 1 aliphatic heterocycles. The monoisotopic (exact) mass is 350 g/mol. The molecule has 1 saturated heterocycles. The van der Waals surface area contributed by atoms with Gasteiger partial charge in [0.2, 0.25) is 5.88 Å². The van der Waals surface area contributed by atoms with Crippen LogP contribution in [0.3, 0.4) is 0 Å². The second kappa shape index (κ2) is 7.77. The van der Waals surface area contributed by atoms with Crippen LogP contribution in [0.4, 0.5) is 0 Å². The highest BCUT2D eigenvalue weighted by Crippen LogP contribution is 2.26. The van der Waals surface area contributed by atoms with Gasteiger partial charge in [-0.25, -0.2) is 4.98 Å². The average molecular weight is 350 g/mol. The maximum absolute atomic E-state index is 5.98. The number of nitrogens with zero attached hydrogens (tertiary/aromatic N) is 3. The minimum atomic E-state index is 0.166. The minimum Gasteiger partial charge on any atom is -0.472 e. The maximum atomic E-state index is 5.98. The largest absolute Gasteiger partial charge is 0.472 e. The number of rotatable bonds is 4. The van der Waals surface area contributed by atoms with Gasteiger partial charge in [-0.1, -0.05) is 30.3 Å². The molecule has 1 aromatic carbocycles. The number of hydrogen-bond donors (Lipinski definition) is 1. The fourth-order valence-corrected chi connectivity index (χ4v) is 3.97. The first-order valence-electron chi connectivity index (χ1n) is 9.42. The third-order valence-corrected chi connectivity index (χ3v) is 5.27. The number of hydrogen-bond acceptors (Lipinski definition) is 3. The zero-order valence-corrected chi connectivity index (χ0v) is 15.3. The van der Waals surface area contributed by atoms with E-state index in [-0.39, 0.29) is 6.10 Å². The van der Waals surface area contributed by atoms with Crippen LogP contribution in [0, 0.1) is 5.92 Å². The molecular weight excluding hydrogens is 324 g/mol. The van der Waals surface area contributed by atoms with Crippen LogP contribution < -0.4 is 10.1 Å². The standard InChI is InChI=1S/C21H26N4O/c1-22-21(24-14-16-12-17-6-2-3-7-18(17)13-16)25-11-9-19(15-25)26-20-8-4-5-10-23-20/h2-8,10,16,19H,9,11-15H2,1H3,(H,22,24). The molecule has 1 N–H and O–H groups in total. The zero-order chi connectivity index (χ0) is 17.8. The van der Waals surface area contributed by atoms with Crippen molar-refractivity contribution in [3.63, 3.8) is 0 Å². The van der Waals surface area contributed by atoms with Gasteiger partial charge in [0.25, 0.3) is 0 Å². The third-order valence-electron chi connectivity index (χ3n) is 5.27. The fraction of sp³-hybridized carbons (Fsp3) is 0.429. The van der Waals surface area contributed by atoms with E-state index >= 15 is 0 Å². The van der Waals surface area contributed by atoms with E-state index in [2.05, 4.69) is 44.5 Å².